The minimum absolute atomic E-state index is 0.277. The molecule has 0 atom stereocenters. The molecule has 0 fully saturated rings. The number of nitrogens with zero attached hydrogens (tertiary/aromatic N) is 2. The molecular formula is C16H13F2N3. The average Bonchev–Trinajstić information content (AvgIpc) is 2.48. The molecule has 1 heterocycles. The summed E-state index contributed by atoms with van der Waals surface area (Å²) in [6, 6.07) is 9.02. The Labute approximate surface area is 120 Å². The van der Waals surface area contributed by atoms with E-state index >= 15 is 0 Å². The van der Waals surface area contributed by atoms with E-state index in [1.54, 1.807) is 25.2 Å². The topological polar surface area (TPSA) is 37.8 Å². The summed E-state index contributed by atoms with van der Waals surface area (Å²) < 4.78 is 27.3. The van der Waals surface area contributed by atoms with Crippen LogP contribution in [-0.2, 0) is 0 Å². The predicted octanol–water partition coefficient (Wildman–Crippen LogP) is 3.93. The van der Waals surface area contributed by atoms with Crippen LogP contribution in [0.5, 0.6) is 0 Å². The van der Waals surface area contributed by atoms with Crippen LogP contribution in [0.1, 0.15) is 5.56 Å². The van der Waals surface area contributed by atoms with Gasteiger partial charge in [0.15, 0.2) is 5.82 Å². The van der Waals surface area contributed by atoms with Crippen molar-refractivity contribution in [1.29, 1.82) is 0 Å². The maximum absolute atomic E-state index is 14.0. The first-order chi connectivity index (χ1) is 10.1. The molecule has 0 saturated heterocycles. The summed E-state index contributed by atoms with van der Waals surface area (Å²) in [5.41, 5.74) is 1.81. The van der Waals surface area contributed by atoms with Crippen LogP contribution >= 0.6 is 0 Å². The van der Waals surface area contributed by atoms with Crippen LogP contribution in [0.4, 0.5) is 14.6 Å². The largest absolute Gasteiger partial charge is 0.373 e. The lowest BCUT2D eigenvalue weighted by atomic mass is 10.1. The summed E-state index contributed by atoms with van der Waals surface area (Å²) in [5.74, 6) is -0.00346. The molecule has 2 aromatic carbocycles. The molecule has 0 spiro atoms. The van der Waals surface area contributed by atoms with E-state index in [1.165, 1.54) is 18.2 Å². The van der Waals surface area contributed by atoms with Crippen molar-refractivity contribution < 1.29 is 8.78 Å². The van der Waals surface area contributed by atoms with Gasteiger partial charge in [-0.15, -0.1) is 0 Å². The van der Waals surface area contributed by atoms with E-state index in [9.17, 15) is 8.78 Å². The molecule has 3 rings (SSSR count). The van der Waals surface area contributed by atoms with E-state index in [-0.39, 0.29) is 17.5 Å². The molecule has 0 aliphatic carbocycles. The van der Waals surface area contributed by atoms with Gasteiger partial charge >= 0.3 is 0 Å². The number of nitrogens with one attached hydrogen (secondary N) is 1. The van der Waals surface area contributed by atoms with E-state index in [1.807, 2.05) is 6.92 Å². The Hall–Kier alpha value is -2.56. The lowest BCUT2D eigenvalue weighted by Gasteiger charge is -2.09. The highest BCUT2D eigenvalue weighted by Crippen LogP contribution is 2.27. The number of hydrogen-bond acceptors (Lipinski definition) is 3. The number of benzene rings is 2. The third kappa shape index (κ3) is 2.42. The van der Waals surface area contributed by atoms with Crippen molar-refractivity contribution in [2.24, 2.45) is 0 Å². The molecule has 0 unspecified atom stereocenters. The van der Waals surface area contributed by atoms with Gasteiger partial charge < -0.3 is 5.32 Å². The van der Waals surface area contributed by atoms with E-state index in [4.69, 9.17) is 0 Å². The first-order valence-electron chi connectivity index (χ1n) is 6.50. The number of fused-ring (bicyclic) bond motifs is 1. The number of halogens is 2. The van der Waals surface area contributed by atoms with Crippen molar-refractivity contribution >= 4 is 16.7 Å². The lowest BCUT2D eigenvalue weighted by molar-refractivity contribution is 0.628. The Bertz CT molecular complexity index is 831. The Morgan fingerprint density at radius 2 is 1.81 bits per heavy atom. The van der Waals surface area contributed by atoms with Gasteiger partial charge in [-0.1, -0.05) is 11.6 Å². The van der Waals surface area contributed by atoms with Crippen molar-refractivity contribution in [3.8, 4) is 11.4 Å². The van der Waals surface area contributed by atoms with Gasteiger partial charge in [-0.25, -0.2) is 18.7 Å². The molecule has 1 N–H and O–H groups in total. The van der Waals surface area contributed by atoms with Crippen LogP contribution in [0.3, 0.4) is 0 Å². The maximum atomic E-state index is 14.0. The highest BCUT2D eigenvalue weighted by atomic mass is 19.1. The zero-order valence-electron chi connectivity index (χ0n) is 11.6. The summed E-state index contributed by atoms with van der Waals surface area (Å²) in [5, 5.41) is 3.47. The van der Waals surface area contributed by atoms with Gasteiger partial charge in [0.25, 0.3) is 0 Å². The zero-order valence-corrected chi connectivity index (χ0v) is 11.6. The minimum Gasteiger partial charge on any atom is -0.373 e. The van der Waals surface area contributed by atoms with Crippen molar-refractivity contribution in [1.82, 2.24) is 9.97 Å². The Morgan fingerprint density at radius 1 is 1.00 bits per heavy atom. The van der Waals surface area contributed by atoms with Crippen molar-refractivity contribution in [2.45, 2.75) is 6.92 Å². The predicted molar refractivity (Wildman–Crippen MR) is 79.2 cm³/mol. The molecular weight excluding hydrogens is 272 g/mol. The van der Waals surface area contributed by atoms with Gasteiger partial charge in [0.2, 0.25) is 0 Å². The number of aromatic nitrogens is 2. The summed E-state index contributed by atoms with van der Waals surface area (Å²) in [6.07, 6.45) is 0. The van der Waals surface area contributed by atoms with Gasteiger partial charge in [-0.3, -0.25) is 0 Å². The second-order valence-electron chi connectivity index (χ2n) is 4.79. The van der Waals surface area contributed by atoms with Crippen LogP contribution < -0.4 is 5.32 Å². The molecule has 0 radical (unpaired) electrons. The summed E-state index contributed by atoms with van der Waals surface area (Å²) in [4.78, 5) is 8.64. The highest BCUT2D eigenvalue weighted by molar-refractivity contribution is 5.90. The van der Waals surface area contributed by atoms with Crippen LogP contribution in [0, 0.1) is 18.6 Å². The fourth-order valence-electron chi connectivity index (χ4n) is 2.22. The molecule has 3 nitrogen and oxygen atoms in total. The smallest absolute Gasteiger partial charge is 0.165 e. The molecule has 0 saturated carbocycles. The second-order valence-corrected chi connectivity index (χ2v) is 4.79. The molecule has 106 valence electrons. The van der Waals surface area contributed by atoms with E-state index in [0.29, 0.717) is 22.3 Å². The number of aryl methyl sites for hydroxylation is 1. The lowest BCUT2D eigenvalue weighted by Crippen LogP contribution is -2.00. The van der Waals surface area contributed by atoms with Crippen LogP contribution in [0.2, 0.25) is 0 Å². The number of hydrogen-bond donors (Lipinski definition) is 1. The summed E-state index contributed by atoms with van der Waals surface area (Å²) in [6.45, 7) is 1.87. The van der Waals surface area contributed by atoms with Gasteiger partial charge in [0, 0.05) is 12.4 Å². The average molecular weight is 285 g/mol. The second kappa shape index (κ2) is 5.09. The third-order valence-electron chi connectivity index (χ3n) is 3.26. The maximum Gasteiger partial charge on any atom is 0.165 e. The Kier molecular flexibility index (Phi) is 3.25. The van der Waals surface area contributed by atoms with Gasteiger partial charge in [-0.05, 0) is 37.3 Å². The fourth-order valence-corrected chi connectivity index (χ4v) is 2.22. The molecule has 1 aromatic heterocycles. The summed E-state index contributed by atoms with van der Waals surface area (Å²) in [7, 11) is 1.68. The van der Waals surface area contributed by atoms with Crippen molar-refractivity contribution in [3.63, 3.8) is 0 Å². The molecule has 3 aromatic rings. The zero-order chi connectivity index (χ0) is 15.0. The number of anilines is 1. The van der Waals surface area contributed by atoms with E-state index in [0.717, 1.165) is 5.56 Å². The third-order valence-corrected chi connectivity index (χ3v) is 3.26. The minimum atomic E-state index is -0.385. The van der Waals surface area contributed by atoms with Crippen LogP contribution in [-0.4, -0.2) is 17.0 Å². The quantitative estimate of drug-likeness (QED) is 0.775. The van der Waals surface area contributed by atoms with Crippen molar-refractivity contribution in [2.75, 3.05) is 12.4 Å². The highest BCUT2D eigenvalue weighted by Gasteiger charge is 2.13. The number of rotatable bonds is 2. The monoisotopic (exact) mass is 285 g/mol. The molecule has 0 aliphatic rings. The van der Waals surface area contributed by atoms with Gasteiger partial charge in [0.1, 0.15) is 17.5 Å². The molecule has 21 heavy (non-hydrogen) atoms. The van der Waals surface area contributed by atoms with Crippen molar-refractivity contribution in [3.05, 3.63) is 53.6 Å². The van der Waals surface area contributed by atoms with Crippen LogP contribution in [0.15, 0.2) is 36.4 Å². The van der Waals surface area contributed by atoms with E-state index in [2.05, 4.69) is 15.3 Å². The van der Waals surface area contributed by atoms with Crippen LogP contribution in [0.25, 0.3) is 22.3 Å². The van der Waals surface area contributed by atoms with Gasteiger partial charge in [0.05, 0.1) is 11.1 Å². The first-order valence-corrected chi connectivity index (χ1v) is 6.50. The molecule has 0 amide bonds. The standard InChI is InChI=1S/C16H13F2N3/c1-9-3-5-13(18)11(7-9)16-20-14-6-4-10(17)8-12(14)15(19-2)21-16/h3-8H,1-2H3,(H,19,20,21). The fraction of sp³-hybridized carbons (Fsp3) is 0.125. The summed E-state index contributed by atoms with van der Waals surface area (Å²) >= 11 is 0. The Morgan fingerprint density at radius 3 is 2.57 bits per heavy atom. The molecule has 5 heteroatoms. The molecule has 0 aliphatic heterocycles. The Balaban J connectivity index is 2.29. The first kappa shape index (κ1) is 13.4. The SMILES string of the molecule is CNc1nc(-c2cc(C)ccc2F)nc2ccc(F)cc12. The van der Waals surface area contributed by atoms with E-state index < -0.39 is 0 Å². The van der Waals surface area contributed by atoms with Gasteiger partial charge in [-0.2, -0.15) is 0 Å². The normalized spacial score (nSPS) is 10.9. The molecule has 0 bridgehead atoms.